The lowest BCUT2D eigenvalue weighted by atomic mass is 9.78. The third kappa shape index (κ3) is 2.70. The average Bonchev–Trinajstić information content (AvgIpc) is 3.34. The predicted molar refractivity (Wildman–Crippen MR) is 136 cm³/mol. The highest BCUT2D eigenvalue weighted by atomic mass is 16.7. The molecule has 1 saturated heterocycles. The van der Waals surface area contributed by atoms with Crippen molar-refractivity contribution in [2.24, 2.45) is 0 Å². The summed E-state index contributed by atoms with van der Waals surface area (Å²) in [4.78, 5) is 5.04. The van der Waals surface area contributed by atoms with E-state index < -0.39 is 0 Å². The summed E-state index contributed by atoms with van der Waals surface area (Å²) < 4.78 is 14.8. The second-order valence-corrected chi connectivity index (χ2v) is 9.61. The summed E-state index contributed by atoms with van der Waals surface area (Å²) in [6.45, 7) is 6.24. The monoisotopic (exact) mass is 430 g/mol. The minimum atomic E-state index is -0.370. The SMILES string of the molecule is CC1OB(c2ccc3c(c2)c2cc4ccccc4cc2n2c4ccccc4nc32)OC1(C)C. The van der Waals surface area contributed by atoms with E-state index in [1.54, 1.807) is 0 Å². The lowest BCUT2D eigenvalue weighted by Gasteiger charge is -2.21. The Morgan fingerprint density at radius 3 is 2.36 bits per heavy atom. The smallest absolute Gasteiger partial charge is 0.402 e. The van der Waals surface area contributed by atoms with Crippen LogP contribution in [0.2, 0.25) is 0 Å². The number of imidazole rings is 1. The predicted octanol–water partition coefficient (Wildman–Crippen LogP) is 5.86. The van der Waals surface area contributed by atoms with Crippen LogP contribution < -0.4 is 5.46 Å². The average molecular weight is 430 g/mol. The van der Waals surface area contributed by atoms with Gasteiger partial charge in [-0.15, -0.1) is 0 Å². The summed E-state index contributed by atoms with van der Waals surface area (Å²) in [7, 11) is -0.370. The van der Waals surface area contributed by atoms with Crippen molar-refractivity contribution in [3.05, 3.63) is 78.9 Å². The summed E-state index contributed by atoms with van der Waals surface area (Å²) >= 11 is 0. The molecule has 33 heavy (non-hydrogen) atoms. The molecule has 5 heteroatoms. The molecule has 4 nitrogen and oxygen atoms in total. The van der Waals surface area contributed by atoms with E-state index in [0.29, 0.717) is 0 Å². The minimum Gasteiger partial charge on any atom is -0.402 e. The molecule has 0 amide bonds. The molecule has 1 unspecified atom stereocenters. The lowest BCUT2D eigenvalue weighted by Crippen LogP contribution is -2.34. The Labute approximate surface area is 191 Å². The molecule has 7 rings (SSSR count). The molecular formula is C28H23BN2O2. The highest BCUT2D eigenvalue weighted by Gasteiger charge is 2.43. The molecule has 2 aromatic heterocycles. The highest BCUT2D eigenvalue weighted by Crippen LogP contribution is 2.35. The Morgan fingerprint density at radius 2 is 1.58 bits per heavy atom. The van der Waals surface area contributed by atoms with E-state index in [2.05, 4.69) is 98.0 Å². The van der Waals surface area contributed by atoms with Crippen LogP contribution >= 0.6 is 0 Å². The largest absolute Gasteiger partial charge is 0.494 e. The summed E-state index contributed by atoms with van der Waals surface area (Å²) in [5.41, 5.74) is 4.97. The molecule has 160 valence electrons. The van der Waals surface area contributed by atoms with Crippen LogP contribution in [0.25, 0.3) is 49.1 Å². The fourth-order valence-electron chi connectivity index (χ4n) is 5.10. The Balaban J connectivity index is 1.61. The summed E-state index contributed by atoms with van der Waals surface area (Å²) in [5.74, 6) is 0. The molecule has 4 aromatic carbocycles. The zero-order valence-corrected chi connectivity index (χ0v) is 18.9. The van der Waals surface area contributed by atoms with Gasteiger partial charge in [-0.25, -0.2) is 4.98 Å². The number of hydrogen-bond acceptors (Lipinski definition) is 3. The van der Waals surface area contributed by atoms with E-state index in [1.807, 2.05) is 6.07 Å². The maximum Gasteiger partial charge on any atom is 0.494 e. The molecule has 1 atom stereocenters. The molecule has 6 aromatic rings. The summed E-state index contributed by atoms with van der Waals surface area (Å²) in [6.07, 6.45) is 0.0268. The van der Waals surface area contributed by atoms with Gasteiger partial charge in [0, 0.05) is 10.8 Å². The molecule has 0 N–H and O–H groups in total. The maximum atomic E-state index is 6.27. The Hall–Kier alpha value is -3.41. The topological polar surface area (TPSA) is 35.8 Å². The molecule has 1 aliphatic heterocycles. The van der Waals surface area contributed by atoms with Crippen molar-refractivity contribution >= 4 is 61.7 Å². The molecular weight excluding hydrogens is 407 g/mol. The van der Waals surface area contributed by atoms with Gasteiger partial charge < -0.3 is 9.31 Å². The second kappa shape index (κ2) is 6.56. The lowest BCUT2D eigenvalue weighted by molar-refractivity contribution is 0.0842. The van der Waals surface area contributed by atoms with Crippen LogP contribution in [0.5, 0.6) is 0 Å². The van der Waals surface area contributed by atoms with Crippen molar-refractivity contribution in [1.82, 2.24) is 9.38 Å². The van der Waals surface area contributed by atoms with Crippen molar-refractivity contribution in [3.63, 3.8) is 0 Å². The zero-order chi connectivity index (χ0) is 22.3. The number of nitrogens with zero attached hydrogens (tertiary/aromatic N) is 2. The van der Waals surface area contributed by atoms with Crippen molar-refractivity contribution in [1.29, 1.82) is 0 Å². The number of para-hydroxylation sites is 2. The van der Waals surface area contributed by atoms with Crippen molar-refractivity contribution < 1.29 is 9.31 Å². The first-order chi connectivity index (χ1) is 16.0. The van der Waals surface area contributed by atoms with Gasteiger partial charge in [0.25, 0.3) is 0 Å². The molecule has 1 fully saturated rings. The summed E-state index contributed by atoms with van der Waals surface area (Å²) in [5, 5.41) is 5.94. The van der Waals surface area contributed by atoms with E-state index in [1.165, 1.54) is 21.5 Å². The van der Waals surface area contributed by atoms with Crippen LogP contribution in [-0.2, 0) is 9.31 Å². The quantitative estimate of drug-likeness (QED) is 0.186. The van der Waals surface area contributed by atoms with E-state index >= 15 is 0 Å². The molecule has 3 heterocycles. The third-order valence-electron chi connectivity index (χ3n) is 7.23. The third-order valence-corrected chi connectivity index (χ3v) is 7.23. The van der Waals surface area contributed by atoms with Gasteiger partial charge in [0.15, 0.2) is 0 Å². The number of rotatable bonds is 1. The van der Waals surface area contributed by atoms with Crippen LogP contribution in [0.4, 0.5) is 0 Å². The van der Waals surface area contributed by atoms with Gasteiger partial charge in [-0.05, 0) is 66.7 Å². The molecule has 0 saturated carbocycles. The van der Waals surface area contributed by atoms with Gasteiger partial charge in [-0.2, -0.15) is 0 Å². The molecule has 0 bridgehead atoms. The first kappa shape index (κ1) is 19.1. The van der Waals surface area contributed by atoms with Gasteiger partial charge in [0.05, 0.1) is 28.3 Å². The first-order valence-electron chi connectivity index (χ1n) is 11.5. The van der Waals surface area contributed by atoms with Crippen LogP contribution in [-0.4, -0.2) is 28.2 Å². The van der Waals surface area contributed by atoms with Gasteiger partial charge >= 0.3 is 7.12 Å². The Morgan fingerprint density at radius 1 is 0.818 bits per heavy atom. The minimum absolute atomic E-state index is 0.0268. The first-order valence-corrected chi connectivity index (χ1v) is 11.5. The summed E-state index contributed by atoms with van der Waals surface area (Å²) in [6, 6.07) is 28.0. The standard InChI is InChI=1S/C28H23BN2O2/c1-17-28(2,3)33-29(32-17)20-12-13-21-22(16-20)23-14-18-8-4-5-9-19(18)15-26(23)31-25-11-7-6-10-24(25)30-27(21)31/h4-17H,1-3H3. The van der Waals surface area contributed by atoms with Gasteiger partial charge in [0.1, 0.15) is 5.65 Å². The second-order valence-electron chi connectivity index (χ2n) is 9.61. The van der Waals surface area contributed by atoms with Crippen LogP contribution in [0, 0.1) is 0 Å². The highest BCUT2D eigenvalue weighted by molar-refractivity contribution is 6.62. The number of fused-ring (bicyclic) bond motifs is 9. The van der Waals surface area contributed by atoms with Gasteiger partial charge in [-0.3, -0.25) is 4.40 Å². The number of hydrogen-bond donors (Lipinski definition) is 0. The fourth-order valence-corrected chi connectivity index (χ4v) is 5.10. The van der Waals surface area contributed by atoms with Crippen molar-refractivity contribution in [2.75, 3.05) is 0 Å². The van der Waals surface area contributed by atoms with Crippen molar-refractivity contribution in [3.8, 4) is 0 Å². The van der Waals surface area contributed by atoms with E-state index in [0.717, 1.165) is 33.0 Å². The fraction of sp³-hybridized carbons (Fsp3) is 0.179. The van der Waals surface area contributed by atoms with E-state index in [9.17, 15) is 0 Å². The number of aromatic nitrogens is 2. The molecule has 0 aliphatic carbocycles. The number of benzene rings is 4. The Bertz CT molecular complexity index is 1740. The number of pyridine rings is 1. The van der Waals surface area contributed by atoms with E-state index in [-0.39, 0.29) is 18.8 Å². The maximum absolute atomic E-state index is 6.27. The molecule has 1 aliphatic rings. The van der Waals surface area contributed by atoms with Crippen molar-refractivity contribution in [2.45, 2.75) is 32.5 Å². The molecule has 0 spiro atoms. The van der Waals surface area contributed by atoms with Gasteiger partial charge in [0.2, 0.25) is 0 Å². The van der Waals surface area contributed by atoms with Crippen LogP contribution in [0.3, 0.4) is 0 Å². The zero-order valence-electron chi connectivity index (χ0n) is 18.9. The molecule has 0 radical (unpaired) electrons. The van der Waals surface area contributed by atoms with Gasteiger partial charge in [-0.1, -0.05) is 54.6 Å². The van der Waals surface area contributed by atoms with Crippen LogP contribution in [0.1, 0.15) is 20.8 Å². The Kier molecular flexibility index (Phi) is 3.80. The van der Waals surface area contributed by atoms with E-state index in [4.69, 9.17) is 14.3 Å². The normalized spacial score (nSPS) is 18.4. The van der Waals surface area contributed by atoms with Crippen LogP contribution in [0.15, 0.2) is 78.9 Å².